The molecule has 0 radical (unpaired) electrons. The summed E-state index contributed by atoms with van der Waals surface area (Å²) >= 11 is 0. The molecule has 0 aliphatic carbocycles. The first-order valence-electron chi connectivity index (χ1n) is 9.16. The van der Waals surface area contributed by atoms with Crippen LogP contribution in [0.3, 0.4) is 0 Å². The first-order chi connectivity index (χ1) is 13.0. The van der Waals surface area contributed by atoms with Crippen LogP contribution >= 0.6 is 0 Å². The van der Waals surface area contributed by atoms with E-state index in [1.54, 1.807) is 19.1 Å². The van der Waals surface area contributed by atoms with E-state index in [0.717, 1.165) is 17.5 Å². The van der Waals surface area contributed by atoms with Crippen molar-refractivity contribution in [3.8, 4) is 0 Å². The molecule has 1 fully saturated rings. The maximum Gasteiger partial charge on any atom is 0.330 e. The third kappa shape index (κ3) is 7.09. The second-order valence-corrected chi connectivity index (χ2v) is 6.48. The topological polar surface area (TPSA) is 84.5 Å². The first kappa shape index (κ1) is 20.4. The van der Waals surface area contributed by atoms with E-state index in [9.17, 15) is 14.4 Å². The van der Waals surface area contributed by atoms with Crippen molar-refractivity contribution in [2.75, 3.05) is 13.2 Å². The van der Waals surface area contributed by atoms with Crippen LogP contribution < -0.4 is 10.6 Å². The highest BCUT2D eigenvalue weighted by Gasteiger charge is 2.26. The van der Waals surface area contributed by atoms with Crippen molar-refractivity contribution in [2.45, 2.75) is 32.7 Å². The molecular weight excluding hydrogens is 344 g/mol. The summed E-state index contributed by atoms with van der Waals surface area (Å²) < 4.78 is 4.87. The number of hydrogen-bond donors (Lipinski definition) is 2. The van der Waals surface area contributed by atoms with Crippen molar-refractivity contribution in [3.63, 3.8) is 0 Å². The third-order valence-electron chi connectivity index (χ3n) is 4.28. The molecule has 0 aromatic heterocycles. The number of ether oxygens (including phenoxy) is 1. The summed E-state index contributed by atoms with van der Waals surface area (Å²) in [6, 6.07) is 7.38. The molecule has 2 atom stereocenters. The summed E-state index contributed by atoms with van der Waals surface area (Å²) in [5.41, 5.74) is 2.07. The molecule has 0 unspecified atom stereocenters. The van der Waals surface area contributed by atoms with Crippen LogP contribution in [0.25, 0.3) is 6.08 Å². The van der Waals surface area contributed by atoms with E-state index in [2.05, 4.69) is 10.6 Å². The second kappa shape index (κ2) is 10.3. The van der Waals surface area contributed by atoms with Gasteiger partial charge in [0, 0.05) is 30.7 Å². The van der Waals surface area contributed by atoms with E-state index >= 15 is 0 Å². The van der Waals surface area contributed by atoms with Crippen LogP contribution in [0.2, 0.25) is 0 Å². The number of carbonyl (C=O) groups excluding carboxylic acids is 3. The molecule has 2 N–H and O–H groups in total. The van der Waals surface area contributed by atoms with E-state index in [4.69, 9.17) is 4.74 Å². The Bertz CT molecular complexity index is 722. The molecule has 1 heterocycles. The van der Waals surface area contributed by atoms with Crippen LogP contribution in [0.4, 0.5) is 0 Å². The molecule has 1 aromatic rings. The molecule has 2 amide bonds. The molecule has 144 valence electrons. The zero-order valence-electron chi connectivity index (χ0n) is 15.7. The number of amides is 2. The van der Waals surface area contributed by atoms with Gasteiger partial charge in [-0.05, 0) is 38.3 Å². The summed E-state index contributed by atoms with van der Waals surface area (Å²) in [5.74, 6) is -0.951. The molecule has 2 rings (SSSR count). The van der Waals surface area contributed by atoms with E-state index in [0.29, 0.717) is 13.0 Å². The fraction of sp³-hybridized carbons (Fsp3) is 0.381. The van der Waals surface area contributed by atoms with Crippen LogP contribution in [0, 0.1) is 12.8 Å². The number of hydrogen-bond acceptors (Lipinski definition) is 4. The number of nitrogens with one attached hydrogen (secondary N) is 2. The number of rotatable bonds is 8. The van der Waals surface area contributed by atoms with Gasteiger partial charge in [-0.15, -0.1) is 0 Å². The predicted molar refractivity (Wildman–Crippen MR) is 104 cm³/mol. The molecule has 1 saturated heterocycles. The van der Waals surface area contributed by atoms with Crippen molar-refractivity contribution in [2.24, 2.45) is 5.92 Å². The predicted octanol–water partition coefficient (Wildman–Crippen LogP) is 2.14. The lowest BCUT2D eigenvalue weighted by molar-refractivity contribution is -0.137. The number of carbonyl (C=O) groups is 3. The van der Waals surface area contributed by atoms with Gasteiger partial charge in [0.1, 0.15) is 0 Å². The quantitative estimate of drug-likeness (QED) is 0.542. The largest absolute Gasteiger partial charge is 0.463 e. The van der Waals surface area contributed by atoms with Gasteiger partial charge < -0.3 is 15.4 Å². The highest BCUT2D eigenvalue weighted by molar-refractivity contribution is 5.92. The van der Waals surface area contributed by atoms with Gasteiger partial charge in [0.2, 0.25) is 11.8 Å². The van der Waals surface area contributed by atoms with Gasteiger partial charge in [0.25, 0.3) is 0 Å². The van der Waals surface area contributed by atoms with Gasteiger partial charge in [-0.2, -0.15) is 0 Å². The number of aryl methyl sites for hydroxylation is 1. The van der Waals surface area contributed by atoms with Crippen LogP contribution in [-0.2, 0) is 19.1 Å². The van der Waals surface area contributed by atoms with E-state index < -0.39 is 12.0 Å². The van der Waals surface area contributed by atoms with Crippen molar-refractivity contribution >= 4 is 23.9 Å². The summed E-state index contributed by atoms with van der Waals surface area (Å²) in [5, 5.41) is 5.63. The van der Waals surface area contributed by atoms with Crippen molar-refractivity contribution in [3.05, 3.63) is 53.6 Å². The van der Waals surface area contributed by atoms with Gasteiger partial charge >= 0.3 is 5.97 Å². The first-order valence-corrected chi connectivity index (χ1v) is 9.16. The average Bonchev–Trinajstić information content (AvgIpc) is 3.04. The SMILES string of the molecule is CCOC(=O)C=C[C@H](C[C@@H]1CCNC1=O)NC(=O)C=Cc1ccc(C)cc1. The van der Waals surface area contributed by atoms with E-state index in [1.165, 1.54) is 12.2 Å². The summed E-state index contributed by atoms with van der Waals surface area (Å²) in [6.45, 7) is 4.65. The zero-order chi connectivity index (χ0) is 19.6. The van der Waals surface area contributed by atoms with Gasteiger partial charge in [-0.1, -0.05) is 35.9 Å². The van der Waals surface area contributed by atoms with E-state index in [1.807, 2.05) is 31.2 Å². The normalized spacial score (nSPS) is 17.9. The zero-order valence-corrected chi connectivity index (χ0v) is 15.7. The van der Waals surface area contributed by atoms with E-state index in [-0.39, 0.29) is 24.3 Å². The van der Waals surface area contributed by atoms with Gasteiger partial charge in [0.15, 0.2) is 0 Å². The Hall–Kier alpha value is -2.89. The smallest absolute Gasteiger partial charge is 0.330 e. The second-order valence-electron chi connectivity index (χ2n) is 6.48. The minimum Gasteiger partial charge on any atom is -0.463 e. The van der Waals surface area contributed by atoms with Crippen LogP contribution in [0.1, 0.15) is 30.9 Å². The van der Waals surface area contributed by atoms with Gasteiger partial charge in [0.05, 0.1) is 6.61 Å². The fourth-order valence-electron chi connectivity index (χ4n) is 2.83. The molecule has 0 bridgehead atoms. The molecule has 1 aliphatic heterocycles. The maximum atomic E-state index is 12.3. The monoisotopic (exact) mass is 370 g/mol. The van der Waals surface area contributed by atoms with Gasteiger partial charge in [-0.3, -0.25) is 9.59 Å². The molecule has 0 spiro atoms. The Morgan fingerprint density at radius 3 is 2.67 bits per heavy atom. The summed E-state index contributed by atoms with van der Waals surface area (Å²) in [7, 11) is 0. The van der Waals surface area contributed by atoms with Crippen molar-refractivity contribution < 1.29 is 19.1 Å². The molecule has 27 heavy (non-hydrogen) atoms. The maximum absolute atomic E-state index is 12.3. The standard InChI is InChI=1S/C21H26N2O4/c1-3-27-20(25)11-9-18(14-17-12-13-22-21(17)26)23-19(24)10-8-16-6-4-15(2)5-7-16/h4-11,17-18H,3,12-14H2,1-2H3,(H,22,26)(H,23,24)/t17-,18+/m0/s1. The minimum atomic E-state index is -0.470. The summed E-state index contributed by atoms with van der Waals surface area (Å²) in [6.07, 6.45) is 7.21. The number of benzene rings is 1. The van der Waals surface area contributed by atoms with Crippen LogP contribution in [-0.4, -0.2) is 37.0 Å². The Balaban J connectivity index is 2.00. The van der Waals surface area contributed by atoms with Crippen LogP contribution in [0.15, 0.2) is 42.5 Å². The van der Waals surface area contributed by atoms with Gasteiger partial charge in [-0.25, -0.2) is 4.79 Å². The van der Waals surface area contributed by atoms with Crippen molar-refractivity contribution in [1.29, 1.82) is 0 Å². The Kier molecular flexibility index (Phi) is 7.79. The molecular formula is C21H26N2O4. The highest BCUT2D eigenvalue weighted by Crippen LogP contribution is 2.17. The Morgan fingerprint density at radius 1 is 1.30 bits per heavy atom. The molecule has 1 aromatic carbocycles. The molecule has 1 aliphatic rings. The number of esters is 1. The summed E-state index contributed by atoms with van der Waals surface area (Å²) in [4.78, 5) is 35.6. The lowest BCUT2D eigenvalue weighted by Crippen LogP contribution is -2.35. The molecule has 6 nitrogen and oxygen atoms in total. The van der Waals surface area contributed by atoms with Crippen LogP contribution in [0.5, 0.6) is 0 Å². The van der Waals surface area contributed by atoms with Crippen molar-refractivity contribution in [1.82, 2.24) is 10.6 Å². The lowest BCUT2D eigenvalue weighted by Gasteiger charge is -2.17. The third-order valence-corrected chi connectivity index (χ3v) is 4.28. The molecule has 0 saturated carbocycles. The fourth-order valence-corrected chi connectivity index (χ4v) is 2.83. The minimum absolute atomic E-state index is 0.0195. The molecule has 6 heteroatoms. The Morgan fingerprint density at radius 2 is 2.04 bits per heavy atom. The average molecular weight is 370 g/mol. The lowest BCUT2D eigenvalue weighted by atomic mass is 9.98. The Labute approximate surface area is 159 Å². The highest BCUT2D eigenvalue weighted by atomic mass is 16.5.